The van der Waals surface area contributed by atoms with Gasteiger partial charge < -0.3 is 10.5 Å². The molecule has 1 rings (SSSR count). The van der Waals surface area contributed by atoms with Crippen LogP contribution >= 0.6 is 0 Å². The van der Waals surface area contributed by atoms with Crippen LogP contribution in [0.3, 0.4) is 0 Å². The Morgan fingerprint density at radius 2 is 2.00 bits per heavy atom. The van der Waals surface area contributed by atoms with Crippen LogP contribution in [0.1, 0.15) is 30.6 Å². The Hall–Kier alpha value is -1.84. The van der Waals surface area contributed by atoms with Crippen LogP contribution in [0, 0.1) is 0 Å². The summed E-state index contributed by atoms with van der Waals surface area (Å²) in [5, 5.41) is 0. The third kappa shape index (κ3) is 2.82. The Morgan fingerprint density at radius 3 is 2.56 bits per heavy atom. The van der Waals surface area contributed by atoms with Crippen molar-refractivity contribution < 1.29 is 14.3 Å². The number of carbonyl (C=O) groups excluding carboxylic acids is 2. The molecule has 0 saturated heterocycles. The van der Waals surface area contributed by atoms with Crippen LogP contribution in [0.5, 0.6) is 5.75 Å². The molecule has 0 spiro atoms. The first-order valence-electron chi connectivity index (χ1n) is 5.14. The third-order valence-electron chi connectivity index (χ3n) is 2.26. The quantitative estimate of drug-likeness (QED) is 0.819. The number of carbonyl (C=O) groups is 2. The molecule has 2 N–H and O–H groups in total. The summed E-state index contributed by atoms with van der Waals surface area (Å²) in [4.78, 5) is 22.5. The van der Waals surface area contributed by atoms with Crippen LogP contribution in [-0.4, -0.2) is 17.8 Å². The number of benzene rings is 1. The van der Waals surface area contributed by atoms with Crippen molar-refractivity contribution in [2.75, 3.05) is 0 Å². The van der Waals surface area contributed by atoms with Crippen LogP contribution in [0.15, 0.2) is 24.3 Å². The maximum absolute atomic E-state index is 11.4. The average molecular weight is 221 g/mol. The van der Waals surface area contributed by atoms with E-state index in [1.807, 2.05) is 0 Å². The molecular formula is C12H15NO3. The van der Waals surface area contributed by atoms with E-state index in [-0.39, 0.29) is 5.78 Å². The standard InChI is InChI=1S/C12H15NO3/c1-3-10(14)8(2)16-11-7-5-4-6-9(11)12(13)15/h4-8H,3H2,1-2H3,(H2,13,15). The predicted molar refractivity (Wildman–Crippen MR) is 60.3 cm³/mol. The number of amides is 1. The second-order valence-corrected chi connectivity index (χ2v) is 3.44. The van der Waals surface area contributed by atoms with Gasteiger partial charge in [-0.3, -0.25) is 9.59 Å². The molecule has 1 amide bonds. The van der Waals surface area contributed by atoms with Gasteiger partial charge >= 0.3 is 0 Å². The second-order valence-electron chi connectivity index (χ2n) is 3.44. The van der Waals surface area contributed by atoms with Gasteiger partial charge in [-0.15, -0.1) is 0 Å². The highest BCUT2D eigenvalue weighted by Gasteiger charge is 2.15. The van der Waals surface area contributed by atoms with Gasteiger partial charge in [0.1, 0.15) is 5.75 Å². The van der Waals surface area contributed by atoms with E-state index in [4.69, 9.17) is 10.5 Å². The highest BCUT2D eigenvalue weighted by Crippen LogP contribution is 2.19. The monoisotopic (exact) mass is 221 g/mol. The Kier molecular flexibility index (Phi) is 4.05. The minimum Gasteiger partial charge on any atom is -0.482 e. The first kappa shape index (κ1) is 12.2. The van der Waals surface area contributed by atoms with Gasteiger partial charge in [-0.05, 0) is 19.1 Å². The van der Waals surface area contributed by atoms with E-state index in [1.54, 1.807) is 38.1 Å². The van der Waals surface area contributed by atoms with Gasteiger partial charge in [-0.2, -0.15) is 0 Å². The molecule has 0 saturated carbocycles. The summed E-state index contributed by atoms with van der Waals surface area (Å²) in [6, 6.07) is 6.62. The molecule has 1 aromatic rings. The van der Waals surface area contributed by atoms with Crippen LogP contribution in [-0.2, 0) is 4.79 Å². The van der Waals surface area contributed by atoms with Crippen molar-refractivity contribution in [3.63, 3.8) is 0 Å². The van der Waals surface area contributed by atoms with E-state index in [1.165, 1.54) is 0 Å². The lowest BCUT2D eigenvalue weighted by molar-refractivity contribution is -0.124. The molecule has 0 aliphatic carbocycles. The van der Waals surface area contributed by atoms with Gasteiger partial charge in [0.15, 0.2) is 11.9 Å². The first-order chi connectivity index (χ1) is 7.56. The molecule has 4 nitrogen and oxygen atoms in total. The largest absolute Gasteiger partial charge is 0.482 e. The maximum atomic E-state index is 11.4. The van der Waals surface area contributed by atoms with E-state index >= 15 is 0 Å². The van der Waals surface area contributed by atoms with Crippen molar-refractivity contribution >= 4 is 11.7 Å². The normalized spacial score (nSPS) is 11.9. The first-order valence-corrected chi connectivity index (χ1v) is 5.14. The summed E-state index contributed by atoms with van der Waals surface area (Å²) in [7, 11) is 0. The zero-order valence-corrected chi connectivity index (χ0v) is 9.40. The van der Waals surface area contributed by atoms with E-state index in [9.17, 15) is 9.59 Å². The highest BCUT2D eigenvalue weighted by molar-refractivity contribution is 5.95. The Morgan fingerprint density at radius 1 is 1.38 bits per heavy atom. The maximum Gasteiger partial charge on any atom is 0.252 e. The van der Waals surface area contributed by atoms with Gasteiger partial charge in [-0.25, -0.2) is 0 Å². The zero-order valence-electron chi connectivity index (χ0n) is 9.40. The molecule has 16 heavy (non-hydrogen) atoms. The Labute approximate surface area is 94.4 Å². The number of ether oxygens (including phenoxy) is 1. The predicted octanol–water partition coefficient (Wildman–Crippen LogP) is 1.53. The van der Waals surface area contributed by atoms with Gasteiger partial charge in [0.2, 0.25) is 0 Å². The molecule has 0 aliphatic rings. The summed E-state index contributed by atoms with van der Waals surface area (Å²) >= 11 is 0. The van der Waals surface area contributed by atoms with Crippen molar-refractivity contribution in [3.05, 3.63) is 29.8 Å². The van der Waals surface area contributed by atoms with Gasteiger partial charge in [0, 0.05) is 6.42 Å². The molecule has 0 radical (unpaired) electrons. The fraction of sp³-hybridized carbons (Fsp3) is 0.333. The molecule has 4 heteroatoms. The third-order valence-corrected chi connectivity index (χ3v) is 2.26. The number of hydrogen-bond donors (Lipinski definition) is 1. The molecule has 0 aliphatic heterocycles. The summed E-state index contributed by atoms with van der Waals surface area (Å²) in [5.74, 6) is -0.227. The lowest BCUT2D eigenvalue weighted by Gasteiger charge is -2.14. The molecule has 0 bridgehead atoms. The highest BCUT2D eigenvalue weighted by atomic mass is 16.5. The van der Waals surface area contributed by atoms with E-state index in [0.29, 0.717) is 17.7 Å². The SMILES string of the molecule is CCC(=O)C(C)Oc1ccccc1C(N)=O. The molecule has 0 fully saturated rings. The molecular weight excluding hydrogens is 206 g/mol. The minimum atomic E-state index is -0.564. The number of nitrogens with two attached hydrogens (primary N) is 1. The van der Waals surface area contributed by atoms with Gasteiger partial charge in [0.25, 0.3) is 5.91 Å². The summed E-state index contributed by atoms with van der Waals surface area (Å²) in [6.45, 7) is 3.42. The van der Waals surface area contributed by atoms with Gasteiger partial charge in [-0.1, -0.05) is 19.1 Å². The van der Waals surface area contributed by atoms with Crippen LogP contribution in [0.25, 0.3) is 0 Å². The second kappa shape index (κ2) is 5.30. The van der Waals surface area contributed by atoms with Crippen LogP contribution in [0.4, 0.5) is 0 Å². The average Bonchev–Trinajstić information content (AvgIpc) is 2.28. The fourth-order valence-electron chi connectivity index (χ4n) is 1.32. The number of rotatable bonds is 5. The van der Waals surface area contributed by atoms with Gasteiger partial charge in [0.05, 0.1) is 5.56 Å². The fourth-order valence-corrected chi connectivity index (χ4v) is 1.32. The van der Waals surface area contributed by atoms with Crippen molar-refractivity contribution in [3.8, 4) is 5.75 Å². The number of Topliss-reactive ketones (excluding diaryl/α,β-unsaturated/α-hetero) is 1. The molecule has 1 atom stereocenters. The molecule has 0 aromatic heterocycles. The summed E-state index contributed by atoms with van der Waals surface area (Å²) in [6.07, 6.45) is -0.162. The lowest BCUT2D eigenvalue weighted by Crippen LogP contribution is -2.24. The van der Waals surface area contributed by atoms with Crippen molar-refractivity contribution in [1.29, 1.82) is 0 Å². The Balaban J connectivity index is 2.88. The lowest BCUT2D eigenvalue weighted by atomic mass is 10.1. The van der Waals surface area contributed by atoms with Crippen molar-refractivity contribution in [2.24, 2.45) is 5.73 Å². The van der Waals surface area contributed by atoms with Crippen LogP contribution < -0.4 is 10.5 Å². The van der Waals surface area contributed by atoms with E-state index in [0.717, 1.165) is 0 Å². The van der Waals surface area contributed by atoms with Crippen molar-refractivity contribution in [2.45, 2.75) is 26.4 Å². The molecule has 0 heterocycles. The van der Waals surface area contributed by atoms with E-state index in [2.05, 4.69) is 0 Å². The number of para-hydroxylation sites is 1. The van der Waals surface area contributed by atoms with Crippen LogP contribution in [0.2, 0.25) is 0 Å². The number of primary amides is 1. The number of hydrogen-bond acceptors (Lipinski definition) is 3. The minimum absolute atomic E-state index is 0.0146. The molecule has 1 aromatic carbocycles. The summed E-state index contributed by atoms with van der Waals surface area (Å²) in [5.41, 5.74) is 5.49. The van der Waals surface area contributed by atoms with E-state index < -0.39 is 12.0 Å². The topological polar surface area (TPSA) is 69.4 Å². The summed E-state index contributed by atoms with van der Waals surface area (Å²) < 4.78 is 5.41. The smallest absolute Gasteiger partial charge is 0.252 e. The Bertz CT molecular complexity index is 401. The number of ketones is 1. The molecule has 1 unspecified atom stereocenters. The van der Waals surface area contributed by atoms with Crippen molar-refractivity contribution in [1.82, 2.24) is 0 Å². The zero-order chi connectivity index (χ0) is 12.1. The molecule has 86 valence electrons.